The molecule has 114 valence electrons. The fourth-order valence-corrected chi connectivity index (χ4v) is 3.06. The molecule has 3 N–H and O–H groups in total. The van der Waals surface area contributed by atoms with E-state index < -0.39 is 6.09 Å². The van der Waals surface area contributed by atoms with Crippen LogP contribution in [-0.2, 0) is 0 Å². The van der Waals surface area contributed by atoms with Gasteiger partial charge in [-0.3, -0.25) is 0 Å². The van der Waals surface area contributed by atoms with Crippen molar-refractivity contribution in [2.24, 2.45) is 0 Å². The Morgan fingerprint density at radius 1 is 1.19 bits per heavy atom. The van der Waals surface area contributed by atoms with Gasteiger partial charge in [-0.25, -0.2) is 14.8 Å². The lowest BCUT2D eigenvalue weighted by Gasteiger charge is -2.29. The maximum absolute atomic E-state index is 10.6. The van der Waals surface area contributed by atoms with Crippen molar-refractivity contribution < 1.29 is 9.90 Å². The van der Waals surface area contributed by atoms with Crippen LogP contribution in [0.3, 0.4) is 0 Å². The lowest BCUT2D eigenvalue weighted by atomic mass is 9.91. The lowest BCUT2D eigenvalue weighted by molar-refractivity contribution is 0.185. The maximum Gasteiger partial charge on any atom is 0.404 e. The summed E-state index contributed by atoms with van der Waals surface area (Å²) in [5.41, 5.74) is 1.16. The average molecular weight is 311 g/mol. The Labute approximate surface area is 128 Å². The van der Waals surface area contributed by atoms with E-state index in [2.05, 4.69) is 20.6 Å². The van der Waals surface area contributed by atoms with Crippen molar-refractivity contribution in [3.63, 3.8) is 0 Å². The van der Waals surface area contributed by atoms with Gasteiger partial charge in [0.15, 0.2) is 0 Å². The third-order valence-corrected chi connectivity index (χ3v) is 4.38. The molecule has 0 atom stereocenters. The predicted octanol–water partition coefficient (Wildman–Crippen LogP) is 3.00. The van der Waals surface area contributed by atoms with Crippen molar-refractivity contribution in [3.8, 4) is 0 Å². The SMILES string of the molecule is O=C(O)NC1CCC(Nc2nc(Cl)ncc2C2CC2)CC1. The summed E-state index contributed by atoms with van der Waals surface area (Å²) < 4.78 is 0. The number of anilines is 1. The molecule has 3 rings (SSSR count). The van der Waals surface area contributed by atoms with Crippen molar-refractivity contribution in [2.45, 2.75) is 56.5 Å². The Morgan fingerprint density at radius 3 is 2.48 bits per heavy atom. The van der Waals surface area contributed by atoms with E-state index in [4.69, 9.17) is 16.7 Å². The first kappa shape index (κ1) is 14.4. The molecule has 0 unspecified atom stereocenters. The van der Waals surface area contributed by atoms with E-state index in [-0.39, 0.29) is 11.3 Å². The Kier molecular flexibility index (Phi) is 4.14. The van der Waals surface area contributed by atoms with Crippen LogP contribution in [0, 0.1) is 0 Å². The van der Waals surface area contributed by atoms with Gasteiger partial charge in [-0.15, -0.1) is 0 Å². The van der Waals surface area contributed by atoms with E-state index in [0.29, 0.717) is 12.0 Å². The zero-order valence-electron chi connectivity index (χ0n) is 11.7. The van der Waals surface area contributed by atoms with Gasteiger partial charge in [-0.2, -0.15) is 0 Å². The van der Waals surface area contributed by atoms with Crippen molar-refractivity contribution in [3.05, 3.63) is 17.0 Å². The van der Waals surface area contributed by atoms with Gasteiger partial charge in [0.1, 0.15) is 5.82 Å². The summed E-state index contributed by atoms with van der Waals surface area (Å²) in [4.78, 5) is 19.1. The third kappa shape index (κ3) is 3.75. The summed E-state index contributed by atoms with van der Waals surface area (Å²) in [6.07, 6.45) is 6.82. The van der Waals surface area contributed by atoms with Gasteiger partial charge in [0, 0.05) is 23.8 Å². The van der Waals surface area contributed by atoms with Gasteiger partial charge >= 0.3 is 6.09 Å². The summed E-state index contributed by atoms with van der Waals surface area (Å²) in [5, 5.41) is 15.0. The van der Waals surface area contributed by atoms with Crippen molar-refractivity contribution in [1.29, 1.82) is 0 Å². The van der Waals surface area contributed by atoms with Gasteiger partial charge < -0.3 is 15.7 Å². The second-order valence-corrected chi connectivity index (χ2v) is 6.20. The molecule has 21 heavy (non-hydrogen) atoms. The van der Waals surface area contributed by atoms with Crippen LogP contribution in [0.4, 0.5) is 10.6 Å². The van der Waals surface area contributed by atoms with Gasteiger partial charge in [-0.05, 0) is 56.0 Å². The summed E-state index contributed by atoms with van der Waals surface area (Å²) in [6.45, 7) is 0. The number of amides is 1. The molecule has 0 radical (unpaired) electrons. The van der Waals surface area contributed by atoms with Crippen LogP contribution >= 0.6 is 11.6 Å². The second-order valence-electron chi connectivity index (χ2n) is 5.86. The molecule has 0 aromatic carbocycles. The summed E-state index contributed by atoms with van der Waals surface area (Å²) in [7, 11) is 0. The molecule has 0 spiro atoms. The number of hydrogen-bond acceptors (Lipinski definition) is 4. The molecule has 0 aliphatic heterocycles. The standard InChI is InChI=1S/C14H19ClN4O2/c15-13-16-7-11(8-1-2-8)12(19-13)17-9-3-5-10(6-4-9)18-14(20)21/h7-10,18H,1-6H2,(H,20,21)(H,16,17,19). The Morgan fingerprint density at radius 2 is 1.86 bits per heavy atom. The van der Waals surface area contributed by atoms with Gasteiger partial charge in [0.2, 0.25) is 5.28 Å². The van der Waals surface area contributed by atoms with Crippen LogP contribution in [0.15, 0.2) is 6.20 Å². The predicted molar refractivity (Wildman–Crippen MR) is 79.8 cm³/mol. The van der Waals surface area contributed by atoms with Crippen LogP contribution in [0.2, 0.25) is 5.28 Å². The zero-order chi connectivity index (χ0) is 14.8. The highest BCUT2D eigenvalue weighted by atomic mass is 35.5. The molecule has 2 aliphatic carbocycles. The average Bonchev–Trinajstić information content (AvgIpc) is 3.25. The zero-order valence-corrected chi connectivity index (χ0v) is 12.4. The molecule has 2 fully saturated rings. The third-order valence-electron chi connectivity index (χ3n) is 4.20. The van der Waals surface area contributed by atoms with E-state index in [1.165, 1.54) is 12.8 Å². The fourth-order valence-electron chi connectivity index (χ4n) is 2.93. The summed E-state index contributed by atoms with van der Waals surface area (Å²) in [5.74, 6) is 1.42. The number of nitrogens with one attached hydrogen (secondary N) is 2. The minimum Gasteiger partial charge on any atom is -0.465 e. The molecule has 7 heteroatoms. The lowest BCUT2D eigenvalue weighted by Crippen LogP contribution is -2.39. The molecule has 2 saturated carbocycles. The first-order valence-electron chi connectivity index (χ1n) is 7.40. The summed E-state index contributed by atoms with van der Waals surface area (Å²) in [6, 6.07) is 0.387. The minimum atomic E-state index is -0.940. The molecule has 6 nitrogen and oxygen atoms in total. The highest BCUT2D eigenvalue weighted by molar-refractivity contribution is 6.28. The summed E-state index contributed by atoms with van der Waals surface area (Å²) >= 11 is 5.90. The van der Waals surface area contributed by atoms with Crippen molar-refractivity contribution >= 4 is 23.5 Å². The maximum atomic E-state index is 10.6. The van der Waals surface area contributed by atoms with Crippen molar-refractivity contribution in [1.82, 2.24) is 15.3 Å². The van der Waals surface area contributed by atoms with Crippen LogP contribution in [0.5, 0.6) is 0 Å². The quantitative estimate of drug-likeness (QED) is 0.744. The second kappa shape index (κ2) is 6.05. The smallest absolute Gasteiger partial charge is 0.404 e. The largest absolute Gasteiger partial charge is 0.465 e. The van der Waals surface area contributed by atoms with E-state index >= 15 is 0 Å². The number of carboxylic acid groups (broad SMARTS) is 1. The highest BCUT2D eigenvalue weighted by Crippen LogP contribution is 2.43. The van der Waals surface area contributed by atoms with Crippen LogP contribution in [-0.4, -0.2) is 33.3 Å². The molecular formula is C14H19ClN4O2. The normalized spacial score (nSPS) is 25.4. The Hall–Kier alpha value is -1.56. The fraction of sp³-hybridized carbons (Fsp3) is 0.643. The number of carbonyl (C=O) groups is 1. The molecule has 1 heterocycles. The number of rotatable bonds is 4. The monoisotopic (exact) mass is 310 g/mol. The molecule has 0 bridgehead atoms. The van der Waals surface area contributed by atoms with Crippen LogP contribution in [0.1, 0.15) is 50.0 Å². The highest BCUT2D eigenvalue weighted by Gasteiger charge is 2.29. The molecule has 2 aliphatic rings. The Bertz CT molecular complexity index is 528. The molecule has 1 aromatic heterocycles. The first-order valence-corrected chi connectivity index (χ1v) is 7.78. The van der Waals surface area contributed by atoms with E-state index in [1.807, 2.05) is 6.20 Å². The Balaban J connectivity index is 1.60. The number of hydrogen-bond donors (Lipinski definition) is 3. The number of nitrogens with zero attached hydrogens (tertiary/aromatic N) is 2. The van der Waals surface area contributed by atoms with E-state index in [0.717, 1.165) is 37.1 Å². The van der Waals surface area contributed by atoms with Gasteiger partial charge in [-0.1, -0.05) is 0 Å². The number of halogens is 1. The van der Waals surface area contributed by atoms with Crippen molar-refractivity contribution in [2.75, 3.05) is 5.32 Å². The molecule has 1 aromatic rings. The molecule has 0 saturated heterocycles. The topological polar surface area (TPSA) is 87.1 Å². The van der Waals surface area contributed by atoms with Gasteiger partial charge in [0.25, 0.3) is 0 Å². The van der Waals surface area contributed by atoms with E-state index in [1.54, 1.807) is 0 Å². The van der Waals surface area contributed by atoms with Crippen LogP contribution in [0.25, 0.3) is 0 Å². The van der Waals surface area contributed by atoms with Gasteiger partial charge in [0.05, 0.1) is 0 Å². The van der Waals surface area contributed by atoms with Crippen LogP contribution < -0.4 is 10.6 Å². The number of aromatic nitrogens is 2. The molecule has 1 amide bonds. The van der Waals surface area contributed by atoms with E-state index in [9.17, 15) is 4.79 Å². The first-order chi connectivity index (χ1) is 10.1. The minimum absolute atomic E-state index is 0.0671. The molecular weight excluding hydrogens is 292 g/mol.